The van der Waals surface area contributed by atoms with Gasteiger partial charge in [-0.3, -0.25) is 4.79 Å². The van der Waals surface area contributed by atoms with Gasteiger partial charge in [-0.2, -0.15) is 0 Å². The fraction of sp³-hybridized carbons (Fsp3) is 0.211. The molecule has 1 fully saturated rings. The van der Waals surface area contributed by atoms with Crippen LogP contribution in [0.1, 0.15) is 15.9 Å². The van der Waals surface area contributed by atoms with E-state index >= 15 is 0 Å². The molecule has 1 aliphatic heterocycles. The van der Waals surface area contributed by atoms with Crippen molar-refractivity contribution in [3.63, 3.8) is 0 Å². The second-order valence-electron chi connectivity index (χ2n) is 5.83. The molecule has 1 aliphatic rings. The van der Waals surface area contributed by atoms with Crippen LogP contribution < -0.4 is 4.90 Å². The quantitative estimate of drug-likeness (QED) is 0.262. The Labute approximate surface area is 151 Å². The van der Waals surface area contributed by atoms with E-state index in [1.54, 1.807) is 12.1 Å². The van der Waals surface area contributed by atoms with E-state index in [1.807, 2.05) is 0 Å². The second kappa shape index (κ2) is 7.87. The number of benzene rings is 2. The molecule has 3 nitrogen and oxygen atoms in total. The highest BCUT2D eigenvalue weighted by Crippen LogP contribution is 2.24. The fourth-order valence-corrected chi connectivity index (χ4v) is 2.68. The highest BCUT2D eigenvalue weighted by atomic mass is 19.2. The third-order valence-corrected chi connectivity index (χ3v) is 4.17. The summed E-state index contributed by atoms with van der Waals surface area (Å²) >= 11 is 0. The molecule has 0 aromatic heterocycles. The molecule has 0 bridgehead atoms. The van der Waals surface area contributed by atoms with Crippen molar-refractivity contribution in [1.29, 1.82) is 0 Å². The summed E-state index contributed by atoms with van der Waals surface area (Å²) in [5, 5.41) is 0. The SMILES string of the molecule is O=C(C=Cc1c(F)c(F)c(F)c(F)c1F)c1ccc(N2CCOCC2)cc1. The van der Waals surface area contributed by atoms with Gasteiger partial charge in [0, 0.05) is 24.3 Å². The molecular weight excluding hydrogens is 369 g/mol. The number of carbonyl (C=O) groups is 1. The predicted octanol–water partition coefficient (Wildman–Crippen LogP) is 4.11. The number of hydrogen-bond acceptors (Lipinski definition) is 3. The lowest BCUT2D eigenvalue weighted by molar-refractivity contribution is 0.104. The fourth-order valence-electron chi connectivity index (χ4n) is 2.68. The first-order chi connectivity index (χ1) is 12.9. The highest BCUT2D eigenvalue weighted by molar-refractivity contribution is 6.07. The Balaban J connectivity index is 1.79. The lowest BCUT2D eigenvalue weighted by Crippen LogP contribution is -2.36. The molecule has 2 aromatic carbocycles. The Morgan fingerprint density at radius 2 is 1.37 bits per heavy atom. The number of anilines is 1. The number of allylic oxidation sites excluding steroid dienone is 1. The van der Waals surface area contributed by atoms with Crippen LogP contribution in [-0.4, -0.2) is 32.1 Å². The molecule has 0 aliphatic carbocycles. The summed E-state index contributed by atoms with van der Waals surface area (Å²) in [6, 6.07) is 6.47. The number of rotatable bonds is 4. The Morgan fingerprint density at radius 1 is 0.852 bits per heavy atom. The summed E-state index contributed by atoms with van der Waals surface area (Å²) in [6.45, 7) is 2.64. The number of ketones is 1. The van der Waals surface area contributed by atoms with Crippen LogP contribution in [0, 0.1) is 29.1 Å². The Morgan fingerprint density at radius 3 is 1.93 bits per heavy atom. The largest absolute Gasteiger partial charge is 0.378 e. The van der Waals surface area contributed by atoms with E-state index in [9.17, 15) is 26.7 Å². The van der Waals surface area contributed by atoms with Crippen LogP contribution in [0.2, 0.25) is 0 Å². The van der Waals surface area contributed by atoms with Gasteiger partial charge >= 0.3 is 0 Å². The summed E-state index contributed by atoms with van der Waals surface area (Å²) < 4.78 is 71.9. The molecule has 1 heterocycles. The normalized spacial score (nSPS) is 14.8. The second-order valence-corrected chi connectivity index (χ2v) is 5.83. The molecule has 3 rings (SSSR count). The van der Waals surface area contributed by atoms with E-state index in [1.165, 1.54) is 12.1 Å². The van der Waals surface area contributed by atoms with Crippen LogP contribution >= 0.6 is 0 Å². The molecule has 0 spiro atoms. The van der Waals surface area contributed by atoms with Crippen molar-refractivity contribution in [2.75, 3.05) is 31.2 Å². The van der Waals surface area contributed by atoms with Gasteiger partial charge in [0.1, 0.15) is 0 Å². The summed E-state index contributed by atoms with van der Waals surface area (Å²) in [5.74, 6) is -11.0. The Bertz CT molecular complexity index is 861. The summed E-state index contributed by atoms with van der Waals surface area (Å²) in [6.07, 6.45) is 1.34. The third kappa shape index (κ3) is 3.85. The van der Waals surface area contributed by atoms with Crippen molar-refractivity contribution in [2.45, 2.75) is 0 Å². The zero-order valence-corrected chi connectivity index (χ0v) is 13.9. The van der Waals surface area contributed by atoms with E-state index in [-0.39, 0.29) is 5.56 Å². The summed E-state index contributed by atoms with van der Waals surface area (Å²) in [7, 11) is 0. The van der Waals surface area contributed by atoms with E-state index in [2.05, 4.69) is 4.90 Å². The van der Waals surface area contributed by atoms with E-state index in [0.29, 0.717) is 32.4 Å². The van der Waals surface area contributed by atoms with Crippen LogP contribution in [0.15, 0.2) is 30.3 Å². The summed E-state index contributed by atoms with van der Waals surface area (Å²) in [5.41, 5.74) is -0.0598. The molecular formula is C19H14F5NO2. The number of carbonyl (C=O) groups excluding carboxylic acids is 1. The van der Waals surface area contributed by atoms with Gasteiger partial charge in [-0.05, 0) is 36.4 Å². The topological polar surface area (TPSA) is 29.5 Å². The van der Waals surface area contributed by atoms with Crippen LogP contribution in [0.4, 0.5) is 27.6 Å². The predicted molar refractivity (Wildman–Crippen MR) is 89.1 cm³/mol. The first-order valence-electron chi connectivity index (χ1n) is 8.06. The lowest BCUT2D eigenvalue weighted by atomic mass is 10.1. The average molecular weight is 383 g/mol. The maximum absolute atomic E-state index is 13.6. The maximum Gasteiger partial charge on any atom is 0.200 e. The molecule has 8 heteroatoms. The monoisotopic (exact) mass is 383 g/mol. The first kappa shape index (κ1) is 19.0. The van der Waals surface area contributed by atoms with Crippen LogP contribution in [0.3, 0.4) is 0 Å². The zero-order chi connectivity index (χ0) is 19.6. The number of nitrogens with zero attached hydrogens (tertiary/aromatic N) is 1. The Hall–Kier alpha value is -2.74. The van der Waals surface area contributed by atoms with Gasteiger partial charge in [-0.1, -0.05) is 0 Å². The minimum atomic E-state index is -2.24. The van der Waals surface area contributed by atoms with Gasteiger partial charge < -0.3 is 9.64 Å². The van der Waals surface area contributed by atoms with Crippen molar-refractivity contribution in [3.05, 3.63) is 70.6 Å². The standard InChI is InChI=1S/C19H14F5NO2/c20-15-13(16(21)18(23)19(24)17(15)22)5-6-14(26)11-1-3-12(4-2-11)25-7-9-27-10-8-25/h1-6H,7-10H2. The average Bonchev–Trinajstić information content (AvgIpc) is 2.71. The van der Waals surface area contributed by atoms with Gasteiger partial charge in [0.2, 0.25) is 5.82 Å². The molecule has 0 saturated carbocycles. The van der Waals surface area contributed by atoms with Crippen LogP contribution in [0.25, 0.3) is 6.08 Å². The van der Waals surface area contributed by atoms with E-state index in [0.717, 1.165) is 11.8 Å². The van der Waals surface area contributed by atoms with Gasteiger partial charge in [-0.15, -0.1) is 0 Å². The molecule has 0 radical (unpaired) electrons. The van der Waals surface area contributed by atoms with Crippen molar-refractivity contribution in [1.82, 2.24) is 0 Å². The number of halogens is 5. The number of morpholine rings is 1. The number of ether oxygens (including phenoxy) is 1. The van der Waals surface area contributed by atoms with Gasteiger partial charge in [0.15, 0.2) is 29.1 Å². The molecule has 27 heavy (non-hydrogen) atoms. The van der Waals surface area contributed by atoms with Gasteiger partial charge in [0.05, 0.1) is 18.8 Å². The third-order valence-electron chi connectivity index (χ3n) is 4.17. The highest BCUT2D eigenvalue weighted by Gasteiger charge is 2.24. The summed E-state index contributed by atoms with van der Waals surface area (Å²) in [4.78, 5) is 14.2. The maximum atomic E-state index is 13.6. The van der Waals surface area contributed by atoms with Crippen LogP contribution in [-0.2, 0) is 4.74 Å². The molecule has 0 amide bonds. The van der Waals surface area contributed by atoms with Crippen molar-refractivity contribution < 1.29 is 31.5 Å². The van der Waals surface area contributed by atoms with Crippen molar-refractivity contribution in [2.24, 2.45) is 0 Å². The smallest absolute Gasteiger partial charge is 0.200 e. The van der Waals surface area contributed by atoms with Crippen LogP contribution in [0.5, 0.6) is 0 Å². The molecule has 142 valence electrons. The lowest BCUT2D eigenvalue weighted by Gasteiger charge is -2.28. The van der Waals surface area contributed by atoms with Crippen molar-refractivity contribution >= 4 is 17.5 Å². The first-order valence-corrected chi connectivity index (χ1v) is 8.06. The molecule has 0 atom stereocenters. The zero-order valence-electron chi connectivity index (χ0n) is 13.9. The number of hydrogen-bond donors (Lipinski definition) is 0. The van der Waals surface area contributed by atoms with Gasteiger partial charge in [-0.25, -0.2) is 22.0 Å². The Kier molecular flexibility index (Phi) is 5.55. The minimum Gasteiger partial charge on any atom is -0.378 e. The van der Waals surface area contributed by atoms with E-state index in [4.69, 9.17) is 4.74 Å². The minimum absolute atomic E-state index is 0.215. The molecule has 0 unspecified atom stereocenters. The molecule has 1 saturated heterocycles. The molecule has 2 aromatic rings. The van der Waals surface area contributed by atoms with E-state index < -0.39 is 40.4 Å². The molecule has 0 N–H and O–H groups in total. The van der Waals surface area contributed by atoms with Crippen molar-refractivity contribution in [3.8, 4) is 0 Å². The van der Waals surface area contributed by atoms with Gasteiger partial charge in [0.25, 0.3) is 0 Å².